The topological polar surface area (TPSA) is 51.2 Å². The third kappa shape index (κ3) is 85.6. The molecule has 3 nitrogen and oxygen atoms in total. The first-order valence-electron chi connectivity index (χ1n) is 16.0. The molecule has 0 saturated carbocycles. The minimum atomic E-state index is -1.36. The Morgan fingerprint density at radius 3 is 0.984 bits per heavy atom. The van der Waals surface area contributed by atoms with Gasteiger partial charge in [-0.1, -0.05) is 92.8 Å². The van der Waals surface area contributed by atoms with Gasteiger partial charge in [0.15, 0.2) is 7.59 Å². The second-order valence-electron chi connectivity index (χ2n) is 9.05. The van der Waals surface area contributed by atoms with Crippen molar-refractivity contribution < 1.29 is 12.6 Å². The summed E-state index contributed by atoms with van der Waals surface area (Å²) in [5, 5.41) is 0. The maximum atomic E-state index is 11.0. The number of hydrogen-bond acceptors (Lipinski definition) is 7. The van der Waals surface area contributed by atoms with Gasteiger partial charge in [0.2, 0.25) is 3.67 Å². The van der Waals surface area contributed by atoms with E-state index in [0.717, 1.165) is 52.3 Å². The van der Waals surface area contributed by atoms with E-state index in [2.05, 4.69) is 0 Å². The Hall–Kier alpha value is 8.52. The minimum Gasteiger partial charge on any atom is -0.259 e. The summed E-state index contributed by atoms with van der Waals surface area (Å²) in [7, 11) is -3.49. The number of alkyl halides is 23. The lowest BCUT2D eigenvalue weighted by molar-refractivity contribution is 0.680. The van der Waals surface area contributed by atoms with Crippen LogP contribution >= 0.6 is 314 Å². The van der Waals surface area contributed by atoms with E-state index in [1.165, 1.54) is 23.5 Å². The van der Waals surface area contributed by atoms with Gasteiger partial charge in [-0.3, -0.25) is 12.6 Å². The summed E-state index contributed by atoms with van der Waals surface area (Å²) in [5.74, 6) is 12.7. The summed E-state index contributed by atoms with van der Waals surface area (Å²) >= 11 is 131. The van der Waals surface area contributed by atoms with E-state index < -0.39 is 57.9 Å². The van der Waals surface area contributed by atoms with Crippen molar-refractivity contribution in [3.05, 3.63) is 0 Å². The molecule has 0 bridgehead atoms. The normalized spacial score (nSPS) is 13.1. The van der Waals surface area contributed by atoms with Crippen LogP contribution in [0.5, 0.6) is 0 Å². The highest BCUT2D eigenvalue weighted by molar-refractivity contribution is 8.00. The lowest BCUT2D eigenvalue weighted by Gasteiger charge is -2.13. The summed E-state index contributed by atoms with van der Waals surface area (Å²) in [5.41, 5.74) is 0. The highest BCUT2D eigenvalue weighted by Crippen LogP contribution is 2.31. The fraction of sp³-hybridized carbons (Fsp3) is 1.00. The molecule has 0 aromatic heterocycles. The predicted octanol–water partition coefficient (Wildman–Crippen LogP) is 17.5. The lowest BCUT2D eigenvalue weighted by Crippen LogP contribution is -2.24. The third-order valence-electron chi connectivity index (χ3n) is 3.99. The Bertz CT molecular complexity index is 895. The van der Waals surface area contributed by atoms with Crippen LogP contribution in [-0.2, 0) is 32.4 Å². The van der Waals surface area contributed by atoms with E-state index >= 15 is 0 Å². The van der Waals surface area contributed by atoms with Gasteiger partial charge >= 0.3 is 0 Å². The van der Waals surface area contributed by atoms with Crippen molar-refractivity contribution in [3.8, 4) is 0 Å². The Balaban J connectivity index is -0.000000112. The molecule has 0 spiro atoms. The molecule has 0 aliphatic carbocycles. The maximum Gasteiger partial charge on any atom is 0.205 e. The Morgan fingerprint density at radius 1 is 0.426 bits per heavy atom. The maximum absolute atomic E-state index is 11.0. The fourth-order valence-corrected chi connectivity index (χ4v) is 12.8. The molecule has 0 saturated heterocycles. The van der Waals surface area contributed by atoms with Crippen molar-refractivity contribution >= 4 is 346 Å². The first kappa shape index (κ1) is 83.5. The van der Waals surface area contributed by atoms with Gasteiger partial charge in [0, 0.05) is 121 Å². The van der Waals surface area contributed by atoms with E-state index in [9.17, 15) is 12.6 Å². The van der Waals surface area contributed by atoms with Gasteiger partial charge in [-0.25, -0.2) is 0 Å². The van der Waals surface area contributed by atoms with E-state index in [1.54, 1.807) is 23.5 Å². The SMILES string of the molecule is ClC(Cl)CSCC(Cl)(Cl)Cl.ClCCSCC(Cl)(Cl)Cl.ClCCSCCCl.ClCCSCCCl.O=S(C(Cl)CCl)C(Cl)CCl.O=S(CCCl)C(Cl)(Cl)CCl.O=S(CCCl)CCCl. The molecule has 0 aromatic carbocycles. The number of halogens is 23. The molecule has 33 heteroatoms. The van der Waals surface area contributed by atoms with Crippen molar-refractivity contribution in [2.24, 2.45) is 0 Å². The molecule has 380 valence electrons. The molecule has 0 fully saturated rings. The fourth-order valence-electron chi connectivity index (χ4n) is 1.77. The van der Waals surface area contributed by atoms with Gasteiger partial charge in [-0.15, -0.1) is 174 Å². The Morgan fingerprint density at radius 2 is 0.738 bits per heavy atom. The minimum absolute atomic E-state index is 0.0559. The zero-order valence-electron chi connectivity index (χ0n) is 31.6. The van der Waals surface area contributed by atoms with E-state index in [-0.39, 0.29) is 29.3 Å². The third-order valence-corrected chi connectivity index (χ3v) is 22.9. The Kier molecular flexibility index (Phi) is 86.0. The van der Waals surface area contributed by atoms with Crippen molar-refractivity contribution in [3.63, 3.8) is 0 Å². The molecule has 0 aliphatic heterocycles. The van der Waals surface area contributed by atoms with Crippen LogP contribution < -0.4 is 0 Å². The van der Waals surface area contributed by atoms with Gasteiger partial charge in [0.1, 0.15) is 14.3 Å². The van der Waals surface area contributed by atoms with Crippen LogP contribution in [0.4, 0.5) is 0 Å². The van der Waals surface area contributed by atoms with Gasteiger partial charge in [0.05, 0.1) is 39.2 Å². The van der Waals surface area contributed by atoms with Crippen LogP contribution in [-0.4, -0.2) is 166 Å². The number of thioether (sulfide) groups is 4. The molecular formula is C28H47Cl23O3S7. The number of rotatable bonds is 26. The first-order chi connectivity index (χ1) is 28.3. The summed E-state index contributed by atoms with van der Waals surface area (Å²) < 4.78 is 27.6. The Labute approximate surface area is 504 Å². The molecule has 0 heterocycles. The van der Waals surface area contributed by atoms with Crippen LogP contribution in [0.15, 0.2) is 0 Å². The zero-order chi connectivity index (χ0) is 49.3. The van der Waals surface area contributed by atoms with Crippen molar-refractivity contribution in [1.82, 2.24) is 0 Å². The van der Waals surface area contributed by atoms with Gasteiger partial charge in [-0.05, 0) is 0 Å². The molecule has 0 amide bonds. The molecule has 61 heavy (non-hydrogen) atoms. The molecule has 0 aliphatic rings. The second-order valence-corrected chi connectivity index (χ2v) is 32.6. The quantitative estimate of drug-likeness (QED) is 0.0632. The standard InChI is InChI=1S/C4H5Cl5S.2C4H6Cl4OS.C4H6Cl4S.C4H8Cl2OS.2C4H8Cl2S/c5-3(6)1-10-2-4(7,8)9;5-1-3(7)10(9)4(8)2-6;5-1-2-10(9)4(7,8)3-6;5-1-2-9-3-4(6,7)8;5-1-3-8(7)4-2-6;2*5-1-3-7-4-2-6/h3H,1-2H2;3-4H,1-2H2;1-3H2;1-3H2;1-4H2;2*1-4H2. The van der Waals surface area contributed by atoms with Gasteiger partial charge < -0.3 is 0 Å². The van der Waals surface area contributed by atoms with Gasteiger partial charge in [-0.2, -0.15) is 47.0 Å². The summed E-state index contributed by atoms with van der Waals surface area (Å²) in [6, 6.07) is 0. The average Bonchev–Trinajstić information content (AvgIpc) is 3.18. The molecular weight excluding hydrogens is 1420 g/mol. The monoisotopic (exact) mass is 1460 g/mol. The second kappa shape index (κ2) is 62.8. The number of hydrogen-bond donors (Lipinski definition) is 0. The highest BCUT2D eigenvalue weighted by atomic mass is 35.6. The van der Waals surface area contributed by atoms with Crippen LogP contribution in [0.25, 0.3) is 0 Å². The summed E-state index contributed by atoms with van der Waals surface area (Å²) in [4.78, 5) is -0.391. The van der Waals surface area contributed by atoms with Crippen LogP contribution in [0.3, 0.4) is 0 Å². The average molecular weight is 1470 g/mol. The van der Waals surface area contributed by atoms with Crippen molar-refractivity contribution in [2.45, 2.75) is 25.5 Å². The van der Waals surface area contributed by atoms with Crippen LogP contribution in [0, 0.1) is 0 Å². The molecule has 0 aromatic rings. The highest BCUT2D eigenvalue weighted by Gasteiger charge is 2.30. The smallest absolute Gasteiger partial charge is 0.205 e. The van der Waals surface area contributed by atoms with Crippen LogP contribution in [0.2, 0.25) is 0 Å². The summed E-state index contributed by atoms with van der Waals surface area (Å²) in [6.45, 7) is 0. The van der Waals surface area contributed by atoms with E-state index in [0.29, 0.717) is 46.4 Å². The molecule has 0 radical (unpaired) electrons. The molecule has 3 unspecified atom stereocenters. The molecule has 0 N–H and O–H groups in total. The summed E-state index contributed by atoms with van der Waals surface area (Å²) in [6.07, 6.45) is 0. The van der Waals surface area contributed by atoms with Gasteiger partial charge in [0.25, 0.3) is 0 Å². The molecule has 3 atom stereocenters. The first-order valence-corrected chi connectivity index (χ1v) is 35.3. The molecule has 0 rings (SSSR count). The predicted molar refractivity (Wildman–Crippen MR) is 316 cm³/mol. The van der Waals surface area contributed by atoms with Crippen molar-refractivity contribution in [1.29, 1.82) is 0 Å². The van der Waals surface area contributed by atoms with E-state index in [4.69, 9.17) is 267 Å². The zero-order valence-corrected chi connectivity index (χ0v) is 54.7. The largest absolute Gasteiger partial charge is 0.259 e. The van der Waals surface area contributed by atoms with Crippen molar-refractivity contribution in [2.75, 3.05) is 128 Å². The lowest BCUT2D eigenvalue weighted by atomic mass is 10.9. The van der Waals surface area contributed by atoms with Crippen LogP contribution in [0.1, 0.15) is 0 Å². The van der Waals surface area contributed by atoms with E-state index in [1.807, 2.05) is 0 Å².